The summed E-state index contributed by atoms with van der Waals surface area (Å²) in [6, 6.07) is 13.2. The lowest BCUT2D eigenvalue weighted by Gasteiger charge is -2.15. The molecule has 5 heteroatoms. The van der Waals surface area contributed by atoms with Crippen LogP contribution in [0, 0.1) is 5.82 Å². The minimum atomic E-state index is -0.450. The molecule has 3 nitrogen and oxygen atoms in total. The summed E-state index contributed by atoms with van der Waals surface area (Å²) in [5, 5.41) is 2.95. The molecule has 110 valence electrons. The van der Waals surface area contributed by atoms with Gasteiger partial charge in [-0.25, -0.2) is 4.39 Å². The Kier molecular flexibility index (Phi) is 5.17. The van der Waals surface area contributed by atoms with Crippen LogP contribution in [0.2, 0.25) is 5.02 Å². The summed E-state index contributed by atoms with van der Waals surface area (Å²) >= 11 is 5.82. The second-order valence-electron chi connectivity index (χ2n) is 4.56. The quantitative estimate of drug-likeness (QED) is 0.914. The van der Waals surface area contributed by atoms with Crippen molar-refractivity contribution in [3.63, 3.8) is 0 Å². The molecule has 2 rings (SSSR count). The largest absolute Gasteiger partial charge is 0.482 e. The first-order valence-corrected chi connectivity index (χ1v) is 6.86. The molecule has 0 saturated carbocycles. The molecular weight excluding hydrogens is 293 g/mol. The van der Waals surface area contributed by atoms with Crippen LogP contribution >= 0.6 is 11.6 Å². The number of halogens is 2. The molecule has 0 aliphatic heterocycles. The number of amides is 1. The van der Waals surface area contributed by atoms with E-state index in [0.29, 0.717) is 0 Å². The van der Waals surface area contributed by atoms with Crippen LogP contribution in [0.1, 0.15) is 18.5 Å². The second-order valence-corrected chi connectivity index (χ2v) is 4.97. The van der Waals surface area contributed by atoms with E-state index < -0.39 is 5.82 Å². The molecule has 0 bridgehead atoms. The van der Waals surface area contributed by atoms with Crippen molar-refractivity contribution in [1.82, 2.24) is 5.32 Å². The molecule has 0 aliphatic carbocycles. The van der Waals surface area contributed by atoms with Crippen molar-refractivity contribution < 1.29 is 13.9 Å². The van der Waals surface area contributed by atoms with Gasteiger partial charge in [-0.15, -0.1) is 0 Å². The number of ether oxygens (including phenoxy) is 1. The Morgan fingerprint density at radius 3 is 2.67 bits per heavy atom. The van der Waals surface area contributed by atoms with Crippen LogP contribution in [0.15, 0.2) is 48.5 Å². The third-order valence-corrected chi connectivity index (χ3v) is 3.23. The minimum absolute atomic E-state index is 0.119. The van der Waals surface area contributed by atoms with Crippen molar-refractivity contribution in [2.24, 2.45) is 0 Å². The highest BCUT2D eigenvalue weighted by molar-refractivity contribution is 6.32. The van der Waals surface area contributed by atoms with E-state index in [-0.39, 0.29) is 29.3 Å². The maximum Gasteiger partial charge on any atom is 0.258 e. The molecule has 0 heterocycles. The van der Waals surface area contributed by atoms with Crippen LogP contribution in [0.25, 0.3) is 0 Å². The Morgan fingerprint density at radius 1 is 1.29 bits per heavy atom. The number of carbonyl (C=O) groups excluding carboxylic acids is 1. The lowest BCUT2D eigenvalue weighted by atomic mass is 10.1. The Bertz CT molecular complexity index is 619. The van der Waals surface area contributed by atoms with E-state index in [1.54, 1.807) is 0 Å². The fraction of sp³-hybridized carbons (Fsp3) is 0.188. The van der Waals surface area contributed by atoms with Gasteiger partial charge in [-0.05, 0) is 30.7 Å². The van der Waals surface area contributed by atoms with Crippen molar-refractivity contribution in [3.8, 4) is 5.75 Å². The molecule has 0 radical (unpaired) electrons. The zero-order valence-electron chi connectivity index (χ0n) is 11.5. The van der Waals surface area contributed by atoms with Gasteiger partial charge >= 0.3 is 0 Å². The number of hydrogen-bond donors (Lipinski definition) is 1. The Labute approximate surface area is 127 Å². The van der Waals surface area contributed by atoms with Crippen LogP contribution < -0.4 is 10.1 Å². The van der Waals surface area contributed by atoms with Crippen LogP contribution in [0.3, 0.4) is 0 Å². The maximum absolute atomic E-state index is 12.9. The standard InChI is InChI=1S/C16H15ClFNO2/c1-11(12-5-3-2-4-6-12)19-16(20)10-21-15-8-7-13(18)9-14(15)17/h2-9,11H,10H2,1H3,(H,19,20). The van der Waals surface area contributed by atoms with Gasteiger partial charge in [0.2, 0.25) is 0 Å². The van der Waals surface area contributed by atoms with E-state index >= 15 is 0 Å². The Morgan fingerprint density at radius 2 is 2.00 bits per heavy atom. The Hall–Kier alpha value is -2.07. The molecule has 21 heavy (non-hydrogen) atoms. The van der Waals surface area contributed by atoms with Gasteiger partial charge in [-0.1, -0.05) is 41.9 Å². The highest BCUT2D eigenvalue weighted by Gasteiger charge is 2.11. The summed E-state index contributed by atoms with van der Waals surface area (Å²) in [4.78, 5) is 11.8. The third-order valence-electron chi connectivity index (χ3n) is 2.93. The molecule has 0 aliphatic rings. The summed E-state index contributed by atoms with van der Waals surface area (Å²) < 4.78 is 18.2. The number of benzene rings is 2. The Balaban J connectivity index is 1.87. The first kappa shape index (κ1) is 15.3. The van der Waals surface area contributed by atoms with E-state index in [0.717, 1.165) is 11.6 Å². The monoisotopic (exact) mass is 307 g/mol. The fourth-order valence-corrected chi connectivity index (χ4v) is 2.07. The van der Waals surface area contributed by atoms with Crippen molar-refractivity contribution in [1.29, 1.82) is 0 Å². The summed E-state index contributed by atoms with van der Waals surface area (Å²) in [7, 11) is 0. The van der Waals surface area contributed by atoms with Crippen molar-refractivity contribution >= 4 is 17.5 Å². The van der Waals surface area contributed by atoms with E-state index in [1.807, 2.05) is 37.3 Å². The molecule has 0 fully saturated rings. The zero-order valence-corrected chi connectivity index (χ0v) is 12.2. The number of carbonyl (C=O) groups is 1. The molecule has 0 spiro atoms. The minimum Gasteiger partial charge on any atom is -0.482 e. The number of rotatable bonds is 5. The molecule has 2 aromatic carbocycles. The average molecular weight is 308 g/mol. The summed E-state index contributed by atoms with van der Waals surface area (Å²) in [6.07, 6.45) is 0. The first-order valence-electron chi connectivity index (χ1n) is 6.48. The van der Waals surface area contributed by atoms with Crippen LogP contribution in [-0.4, -0.2) is 12.5 Å². The number of nitrogens with one attached hydrogen (secondary N) is 1. The molecule has 2 aromatic rings. The van der Waals surface area contributed by atoms with Gasteiger partial charge in [-0.3, -0.25) is 4.79 Å². The van der Waals surface area contributed by atoms with Crippen LogP contribution in [-0.2, 0) is 4.79 Å². The molecule has 1 N–H and O–H groups in total. The predicted octanol–water partition coefficient (Wildman–Crippen LogP) is 3.74. The highest BCUT2D eigenvalue weighted by Crippen LogP contribution is 2.24. The molecule has 1 amide bonds. The smallest absolute Gasteiger partial charge is 0.258 e. The molecule has 1 unspecified atom stereocenters. The van der Waals surface area contributed by atoms with Crippen molar-refractivity contribution in [3.05, 3.63) is 64.9 Å². The fourth-order valence-electron chi connectivity index (χ4n) is 1.84. The summed E-state index contributed by atoms with van der Waals surface area (Å²) in [5.41, 5.74) is 1.01. The second kappa shape index (κ2) is 7.09. The van der Waals surface area contributed by atoms with Crippen LogP contribution in [0.5, 0.6) is 5.75 Å². The zero-order chi connectivity index (χ0) is 15.2. The number of hydrogen-bond acceptors (Lipinski definition) is 2. The first-order chi connectivity index (χ1) is 10.1. The lowest BCUT2D eigenvalue weighted by molar-refractivity contribution is -0.123. The van der Waals surface area contributed by atoms with E-state index in [9.17, 15) is 9.18 Å². The van der Waals surface area contributed by atoms with Gasteiger partial charge in [0.05, 0.1) is 11.1 Å². The van der Waals surface area contributed by atoms with Crippen molar-refractivity contribution in [2.45, 2.75) is 13.0 Å². The molecular formula is C16H15ClFNO2. The maximum atomic E-state index is 12.9. The van der Waals surface area contributed by atoms with Gasteiger partial charge in [0.25, 0.3) is 5.91 Å². The van der Waals surface area contributed by atoms with Gasteiger partial charge in [0.15, 0.2) is 6.61 Å². The van der Waals surface area contributed by atoms with E-state index in [2.05, 4.69) is 5.32 Å². The molecule has 0 aromatic heterocycles. The van der Waals surface area contributed by atoms with Gasteiger partial charge in [-0.2, -0.15) is 0 Å². The van der Waals surface area contributed by atoms with Gasteiger partial charge < -0.3 is 10.1 Å². The lowest BCUT2D eigenvalue weighted by Crippen LogP contribution is -2.31. The average Bonchev–Trinajstić information content (AvgIpc) is 2.47. The van der Waals surface area contributed by atoms with Crippen molar-refractivity contribution in [2.75, 3.05) is 6.61 Å². The van der Waals surface area contributed by atoms with E-state index in [4.69, 9.17) is 16.3 Å². The summed E-state index contributed by atoms with van der Waals surface area (Å²) in [5.74, 6) is -0.443. The van der Waals surface area contributed by atoms with Crippen LogP contribution in [0.4, 0.5) is 4.39 Å². The highest BCUT2D eigenvalue weighted by atomic mass is 35.5. The van der Waals surface area contributed by atoms with Gasteiger partial charge in [0.1, 0.15) is 11.6 Å². The molecule has 1 atom stereocenters. The van der Waals surface area contributed by atoms with Gasteiger partial charge in [0, 0.05) is 0 Å². The summed E-state index contributed by atoms with van der Waals surface area (Å²) in [6.45, 7) is 1.71. The predicted molar refractivity (Wildman–Crippen MR) is 79.9 cm³/mol. The normalized spacial score (nSPS) is 11.8. The third kappa shape index (κ3) is 4.46. The molecule has 0 saturated heterocycles. The SMILES string of the molecule is CC(NC(=O)COc1ccc(F)cc1Cl)c1ccccc1. The topological polar surface area (TPSA) is 38.3 Å². The van der Waals surface area contributed by atoms with E-state index in [1.165, 1.54) is 12.1 Å².